The highest BCUT2D eigenvalue weighted by atomic mass is 79.9. The molecular formula is C16H16BrN5O3. The summed E-state index contributed by atoms with van der Waals surface area (Å²) in [6.07, 6.45) is 0. The number of imidazole rings is 1. The average molecular weight is 406 g/mol. The number of hydrogen-bond donors (Lipinski definition) is 0. The Hall–Kier alpha value is -2.68. The number of aromatic nitrogens is 4. The molecule has 0 atom stereocenters. The first-order chi connectivity index (χ1) is 11.8. The number of halogens is 1. The number of carbonyl (C=O) groups excluding carboxylic acids is 1. The van der Waals surface area contributed by atoms with Crippen molar-refractivity contribution >= 4 is 38.7 Å². The van der Waals surface area contributed by atoms with E-state index in [4.69, 9.17) is 0 Å². The van der Waals surface area contributed by atoms with Crippen LogP contribution >= 0.6 is 15.9 Å². The summed E-state index contributed by atoms with van der Waals surface area (Å²) in [4.78, 5) is 42.8. The number of para-hydroxylation sites is 1. The number of hydrogen-bond acceptors (Lipinski definition) is 4. The van der Waals surface area contributed by atoms with Crippen LogP contribution in [0.1, 0.15) is 0 Å². The van der Waals surface area contributed by atoms with Crippen molar-refractivity contribution in [3.8, 4) is 0 Å². The Morgan fingerprint density at radius 2 is 1.80 bits per heavy atom. The third kappa shape index (κ3) is 2.80. The lowest BCUT2D eigenvalue weighted by atomic mass is 10.3. The van der Waals surface area contributed by atoms with Crippen LogP contribution in [0.5, 0.6) is 0 Å². The van der Waals surface area contributed by atoms with Crippen LogP contribution in [0.2, 0.25) is 0 Å². The molecule has 3 rings (SSSR count). The van der Waals surface area contributed by atoms with E-state index in [0.29, 0.717) is 10.4 Å². The molecule has 0 bridgehead atoms. The first-order valence-electron chi connectivity index (χ1n) is 7.46. The van der Waals surface area contributed by atoms with Gasteiger partial charge in [-0.1, -0.05) is 18.2 Å². The van der Waals surface area contributed by atoms with Crippen molar-refractivity contribution in [3.63, 3.8) is 0 Å². The molecule has 25 heavy (non-hydrogen) atoms. The minimum absolute atomic E-state index is 0.0665. The fourth-order valence-electron chi connectivity index (χ4n) is 2.64. The molecule has 1 amide bonds. The second-order valence-corrected chi connectivity index (χ2v) is 6.34. The molecule has 0 saturated carbocycles. The smallest absolute Gasteiger partial charge is 0.314 e. The summed E-state index contributed by atoms with van der Waals surface area (Å²) in [7, 11) is 4.61. The Bertz CT molecular complexity index is 1080. The van der Waals surface area contributed by atoms with Gasteiger partial charge in [-0.15, -0.1) is 0 Å². The maximum Gasteiger partial charge on any atom is 0.332 e. The van der Waals surface area contributed by atoms with Crippen LogP contribution in [0.25, 0.3) is 11.2 Å². The quantitative estimate of drug-likeness (QED) is 0.605. The van der Waals surface area contributed by atoms with Crippen molar-refractivity contribution in [2.24, 2.45) is 14.1 Å². The number of aryl methyl sites for hydroxylation is 1. The predicted octanol–water partition coefficient (Wildman–Crippen LogP) is 0.859. The minimum Gasteiger partial charge on any atom is -0.314 e. The predicted molar refractivity (Wildman–Crippen MR) is 97.8 cm³/mol. The number of anilines is 1. The molecule has 2 aromatic heterocycles. The van der Waals surface area contributed by atoms with E-state index in [0.717, 1.165) is 10.3 Å². The summed E-state index contributed by atoms with van der Waals surface area (Å²) in [5.74, 6) is -0.209. The molecule has 0 aliphatic heterocycles. The van der Waals surface area contributed by atoms with E-state index in [1.807, 2.05) is 30.3 Å². The molecule has 8 nitrogen and oxygen atoms in total. The summed E-state index contributed by atoms with van der Waals surface area (Å²) in [5, 5.41) is 0. The highest BCUT2D eigenvalue weighted by Gasteiger charge is 2.21. The van der Waals surface area contributed by atoms with Gasteiger partial charge in [0.2, 0.25) is 5.91 Å². The van der Waals surface area contributed by atoms with Crippen molar-refractivity contribution < 1.29 is 4.79 Å². The summed E-state index contributed by atoms with van der Waals surface area (Å²) >= 11 is 3.28. The van der Waals surface area contributed by atoms with Crippen molar-refractivity contribution in [1.82, 2.24) is 18.7 Å². The first kappa shape index (κ1) is 17.2. The van der Waals surface area contributed by atoms with Crippen molar-refractivity contribution in [1.29, 1.82) is 0 Å². The number of fused-ring (bicyclic) bond motifs is 1. The van der Waals surface area contributed by atoms with Crippen LogP contribution in [0.3, 0.4) is 0 Å². The SMILES string of the molecule is CN(C(=O)Cn1c(Br)nc2c(=O)n(C)c(=O)n(C)c21)c1ccccc1. The largest absolute Gasteiger partial charge is 0.332 e. The molecule has 9 heteroatoms. The van der Waals surface area contributed by atoms with E-state index >= 15 is 0 Å². The van der Waals surface area contributed by atoms with Gasteiger partial charge in [0.15, 0.2) is 15.9 Å². The van der Waals surface area contributed by atoms with Crippen LogP contribution in [-0.2, 0) is 25.4 Å². The van der Waals surface area contributed by atoms with E-state index in [9.17, 15) is 14.4 Å². The first-order valence-corrected chi connectivity index (χ1v) is 8.25. The number of nitrogens with zero attached hydrogens (tertiary/aromatic N) is 5. The van der Waals surface area contributed by atoms with Gasteiger partial charge in [-0.3, -0.25) is 23.3 Å². The molecule has 1 aromatic carbocycles. The lowest BCUT2D eigenvalue weighted by Gasteiger charge is -2.18. The summed E-state index contributed by atoms with van der Waals surface area (Å²) < 4.78 is 4.13. The van der Waals surface area contributed by atoms with E-state index in [-0.39, 0.29) is 18.0 Å². The van der Waals surface area contributed by atoms with E-state index in [1.54, 1.807) is 14.1 Å². The van der Waals surface area contributed by atoms with Gasteiger partial charge < -0.3 is 4.90 Å². The molecule has 2 heterocycles. The van der Waals surface area contributed by atoms with Gasteiger partial charge in [-0.2, -0.15) is 0 Å². The Balaban J connectivity index is 2.08. The molecule has 0 radical (unpaired) electrons. The minimum atomic E-state index is -0.499. The average Bonchev–Trinajstić information content (AvgIpc) is 2.94. The topological polar surface area (TPSA) is 82.1 Å². The molecule has 0 fully saturated rings. The lowest BCUT2D eigenvalue weighted by molar-refractivity contribution is -0.118. The number of amides is 1. The number of likely N-dealkylation sites (N-methyl/N-ethyl adjacent to an activating group) is 1. The second-order valence-electron chi connectivity index (χ2n) is 5.63. The van der Waals surface area contributed by atoms with Gasteiger partial charge in [0.05, 0.1) is 0 Å². The molecule has 0 saturated heterocycles. The molecule has 0 N–H and O–H groups in total. The van der Waals surface area contributed by atoms with E-state index in [1.165, 1.54) is 21.1 Å². The molecule has 0 aliphatic carbocycles. The highest BCUT2D eigenvalue weighted by molar-refractivity contribution is 9.10. The van der Waals surface area contributed by atoms with Crippen LogP contribution in [0, 0.1) is 0 Å². The van der Waals surface area contributed by atoms with Crippen LogP contribution < -0.4 is 16.1 Å². The summed E-state index contributed by atoms with van der Waals surface area (Å²) in [6.45, 7) is -0.0665. The van der Waals surface area contributed by atoms with Crippen LogP contribution in [-0.4, -0.2) is 31.6 Å². The maximum atomic E-state index is 12.6. The zero-order valence-electron chi connectivity index (χ0n) is 13.9. The Kier molecular flexibility index (Phi) is 4.34. The van der Waals surface area contributed by atoms with Crippen LogP contribution in [0.4, 0.5) is 5.69 Å². The molecule has 130 valence electrons. The van der Waals surface area contributed by atoms with Gasteiger partial charge in [0.1, 0.15) is 6.54 Å². The summed E-state index contributed by atoms with van der Waals surface area (Å²) in [5.41, 5.74) is 0.204. The molecule has 3 aromatic rings. The Morgan fingerprint density at radius 3 is 2.44 bits per heavy atom. The molecule has 0 unspecified atom stereocenters. The third-order valence-corrected chi connectivity index (χ3v) is 4.71. The van der Waals surface area contributed by atoms with Gasteiger partial charge in [-0.05, 0) is 28.1 Å². The van der Waals surface area contributed by atoms with Gasteiger partial charge >= 0.3 is 5.69 Å². The monoisotopic (exact) mass is 405 g/mol. The van der Waals surface area contributed by atoms with Crippen molar-refractivity contribution in [2.45, 2.75) is 6.54 Å². The van der Waals surface area contributed by atoms with Crippen molar-refractivity contribution in [2.75, 3.05) is 11.9 Å². The number of carbonyl (C=O) groups is 1. The Morgan fingerprint density at radius 1 is 1.16 bits per heavy atom. The number of rotatable bonds is 3. The number of benzene rings is 1. The van der Waals surface area contributed by atoms with Crippen LogP contribution in [0.15, 0.2) is 44.7 Å². The zero-order valence-corrected chi connectivity index (χ0v) is 15.5. The van der Waals surface area contributed by atoms with E-state index < -0.39 is 11.2 Å². The third-order valence-electron chi connectivity index (χ3n) is 4.10. The fraction of sp³-hybridized carbons (Fsp3) is 0.250. The molecule has 0 spiro atoms. The van der Waals surface area contributed by atoms with Gasteiger partial charge in [-0.25, -0.2) is 9.78 Å². The normalized spacial score (nSPS) is 11.0. The fourth-order valence-corrected chi connectivity index (χ4v) is 3.11. The van der Waals surface area contributed by atoms with E-state index in [2.05, 4.69) is 20.9 Å². The lowest BCUT2D eigenvalue weighted by Crippen LogP contribution is -2.38. The standard InChI is InChI=1S/C16H16BrN5O3/c1-19(10-7-5-4-6-8-10)11(23)9-22-13-12(18-15(22)17)14(24)21(3)16(25)20(13)2/h4-8H,9H2,1-3H3. The summed E-state index contributed by atoms with van der Waals surface area (Å²) in [6, 6.07) is 9.20. The molecule has 0 aliphatic rings. The zero-order chi connectivity index (χ0) is 18.3. The van der Waals surface area contributed by atoms with Gasteiger partial charge in [0, 0.05) is 26.8 Å². The highest BCUT2D eigenvalue weighted by Crippen LogP contribution is 2.18. The van der Waals surface area contributed by atoms with Crippen molar-refractivity contribution in [3.05, 3.63) is 55.9 Å². The second kappa shape index (κ2) is 6.32. The maximum absolute atomic E-state index is 12.6. The Labute approximate surface area is 151 Å². The van der Waals surface area contributed by atoms with Gasteiger partial charge in [0.25, 0.3) is 5.56 Å². The molecular weight excluding hydrogens is 390 g/mol.